The van der Waals surface area contributed by atoms with E-state index in [0.29, 0.717) is 12.1 Å². The van der Waals surface area contributed by atoms with Crippen molar-refractivity contribution in [3.05, 3.63) is 50.7 Å². The van der Waals surface area contributed by atoms with Crippen LogP contribution in [0.2, 0.25) is 0 Å². The smallest absolute Gasteiger partial charge is 0.255 e. The van der Waals surface area contributed by atoms with Gasteiger partial charge in [0.05, 0.1) is 17.7 Å². The quantitative estimate of drug-likeness (QED) is 0.783. The number of Topliss-reactive ketones (excluding diaryl/α,β-unsaturated/α-hetero) is 1. The SMILES string of the molecule is Cc1sc2c(c1C)C(=O)CC(c1ccc([N+](C)=O)cc1)=N2. The minimum Gasteiger partial charge on any atom is -0.294 e. The number of carbonyl (C=O) groups is 1. The Morgan fingerprint density at radius 2 is 1.86 bits per heavy atom. The highest BCUT2D eigenvalue weighted by molar-refractivity contribution is 7.16. The number of carbonyl (C=O) groups excluding carboxylic acids is 1. The fourth-order valence-electron chi connectivity index (χ4n) is 2.45. The van der Waals surface area contributed by atoms with E-state index in [0.717, 1.165) is 37.0 Å². The van der Waals surface area contributed by atoms with Crippen LogP contribution in [-0.2, 0) is 0 Å². The summed E-state index contributed by atoms with van der Waals surface area (Å²) in [4.78, 5) is 29.4. The monoisotopic (exact) mass is 299 g/mol. The maximum absolute atomic E-state index is 12.3. The number of nitrogens with zero attached hydrogens (tertiary/aromatic N) is 2. The van der Waals surface area contributed by atoms with Crippen molar-refractivity contribution in [3.63, 3.8) is 0 Å². The van der Waals surface area contributed by atoms with Gasteiger partial charge in [0.25, 0.3) is 5.69 Å². The van der Waals surface area contributed by atoms with E-state index >= 15 is 0 Å². The standard InChI is InChI=1S/C16H15N2O2S/c1-9-10(2)21-16-15(9)14(19)8-13(17-16)11-4-6-12(7-5-11)18(3)20/h4-7H,8H2,1-3H3/q+1. The number of thiophene rings is 1. The first-order chi connectivity index (χ1) is 9.97. The molecule has 21 heavy (non-hydrogen) atoms. The van der Waals surface area contributed by atoms with Crippen molar-refractivity contribution in [1.82, 2.24) is 0 Å². The van der Waals surface area contributed by atoms with Crippen LogP contribution in [0.1, 0.15) is 32.8 Å². The third-order valence-corrected chi connectivity index (χ3v) is 4.88. The van der Waals surface area contributed by atoms with Gasteiger partial charge < -0.3 is 0 Å². The summed E-state index contributed by atoms with van der Waals surface area (Å²) in [5.74, 6) is 0.127. The molecule has 0 saturated carbocycles. The number of rotatable bonds is 2. The van der Waals surface area contributed by atoms with Crippen LogP contribution in [0, 0.1) is 18.8 Å². The van der Waals surface area contributed by atoms with Gasteiger partial charge >= 0.3 is 0 Å². The van der Waals surface area contributed by atoms with Crippen molar-refractivity contribution in [2.45, 2.75) is 20.3 Å². The second-order valence-electron chi connectivity index (χ2n) is 5.17. The number of benzene rings is 1. The molecule has 2 aromatic rings. The first-order valence-electron chi connectivity index (χ1n) is 6.69. The second-order valence-corrected chi connectivity index (χ2v) is 6.37. The molecule has 0 radical (unpaired) electrons. The maximum Gasteiger partial charge on any atom is 0.255 e. The first kappa shape index (κ1) is 13.8. The van der Waals surface area contributed by atoms with Crippen molar-refractivity contribution in [3.8, 4) is 0 Å². The average molecular weight is 299 g/mol. The topological polar surface area (TPSA) is 49.5 Å². The van der Waals surface area contributed by atoms with E-state index in [1.54, 1.807) is 23.5 Å². The van der Waals surface area contributed by atoms with Crippen molar-refractivity contribution in [2.75, 3.05) is 7.05 Å². The molecule has 1 aromatic carbocycles. The zero-order valence-electron chi connectivity index (χ0n) is 12.1. The molecule has 1 aromatic heterocycles. The van der Waals surface area contributed by atoms with Crippen LogP contribution in [0.4, 0.5) is 10.7 Å². The van der Waals surface area contributed by atoms with Gasteiger partial charge in [-0.1, -0.05) is 0 Å². The van der Waals surface area contributed by atoms with Crippen LogP contribution >= 0.6 is 11.3 Å². The van der Waals surface area contributed by atoms with Gasteiger partial charge in [-0.2, -0.15) is 0 Å². The molecule has 0 unspecified atom stereocenters. The molecule has 0 bridgehead atoms. The van der Waals surface area contributed by atoms with Gasteiger partial charge in [0.1, 0.15) is 5.00 Å². The van der Waals surface area contributed by atoms with Crippen LogP contribution < -0.4 is 0 Å². The summed E-state index contributed by atoms with van der Waals surface area (Å²) in [5.41, 5.74) is 4.07. The lowest BCUT2D eigenvalue weighted by molar-refractivity contribution is -0.428. The average Bonchev–Trinajstić information content (AvgIpc) is 2.74. The Morgan fingerprint density at radius 1 is 1.19 bits per heavy atom. The fourth-order valence-corrected chi connectivity index (χ4v) is 3.52. The molecule has 2 heterocycles. The molecule has 1 aliphatic heterocycles. The third kappa shape index (κ3) is 2.34. The number of hydrogen-bond acceptors (Lipinski definition) is 4. The lowest BCUT2D eigenvalue weighted by Gasteiger charge is -2.12. The molecular formula is C16H15N2O2S+. The van der Waals surface area contributed by atoms with E-state index in [4.69, 9.17) is 0 Å². The van der Waals surface area contributed by atoms with Gasteiger partial charge in [-0.3, -0.25) is 4.79 Å². The van der Waals surface area contributed by atoms with E-state index < -0.39 is 0 Å². The number of hydrogen-bond donors (Lipinski definition) is 0. The zero-order valence-corrected chi connectivity index (χ0v) is 13.0. The van der Waals surface area contributed by atoms with Crippen LogP contribution in [0.15, 0.2) is 29.3 Å². The molecule has 106 valence electrons. The summed E-state index contributed by atoms with van der Waals surface area (Å²) in [5, 5.41) is 0.807. The highest BCUT2D eigenvalue weighted by Gasteiger charge is 2.26. The summed E-state index contributed by atoms with van der Waals surface area (Å²) in [6.45, 7) is 3.99. The Kier molecular flexibility index (Phi) is 3.29. The summed E-state index contributed by atoms with van der Waals surface area (Å²) >= 11 is 1.56. The minimum absolute atomic E-state index is 0.127. The Hall–Kier alpha value is -2.14. The molecule has 0 fully saturated rings. The molecule has 4 nitrogen and oxygen atoms in total. The number of ketones is 1. The van der Waals surface area contributed by atoms with Crippen molar-refractivity contribution in [1.29, 1.82) is 0 Å². The second kappa shape index (κ2) is 5.00. The summed E-state index contributed by atoms with van der Waals surface area (Å²) in [7, 11) is 1.46. The normalized spacial score (nSPS) is 13.9. The summed E-state index contributed by atoms with van der Waals surface area (Å²) in [6.07, 6.45) is 0.316. The zero-order chi connectivity index (χ0) is 15.1. The Labute approximate surface area is 126 Å². The highest BCUT2D eigenvalue weighted by atomic mass is 32.1. The fraction of sp³-hybridized carbons (Fsp3) is 0.250. The number of fused-ring (bicyclic) bond motifs is 1. The van der Waals surface area contributed by atoms with Crippen molar-refractivity contribution >= 4 is 33.5 Å². The van der Waals surface area contributed by atoms with Gasteiger partial charge in [-0.25, -0.2) is 4.99 Å². The number of aryl methyl sites for hydroxylation is 1. The molecule has 0 aliphatic carbocycles. The minimum atomic E-state index is 0.127. The van der Waals surface area contributed by atoms with Crippen molar-refractivity contribution < 1.29 is 9.55 Å². The lowest BCUT2D eigenvalue weighted by Crippen LogP contribution is -2.14. The molecule has 0 amide bonds. The molecule has 0 saturated heterocycles. The Balaban J connectivity index is 2.04. The third-order valence-electron chi connectivity index (χ3n) is 3.77. The maximum atomic E-state index is 12.3. The molecular weight excluding hydrogens is 284 g/mol. The van der Waals surface area contributed by atoms with Gasteiger partial charge in [-0.15, -0.1) is 11.3 Å². The molecule has 1 aliphatic rings. The van der Waals surface area contributed by atoms with Gasteiger partial charge in [0.15, 0.2) is 12.8 Å². The predicted octanol–water partition coefficient (Wildman–Crippen LogP) is 4.11. The molecule has 0 atom stereocenters. The van der Waals surface area contributed by atoms with E-state index in [1.165, 1.54) is 7.05 Å². The highest BCUT2D eigenvalue weighted by Crippen LogP contribution is 2.39. The van der Waals surface area contributed by atoms with Crippen LogP contribution in [-0.4, -0.2) is 23.3 Å². The molecule has 0 spiro atoms. The van der Waals surface area contributed by atoms with Crippen molar-refractivity contribution in [2.24, 2.45) is 4.99 Å². The molecule has 5 heteroatoms. The van der Waals surface area contributed by atoms with Gasteiger partial charge in [-0.05, 0) is 37.1 Å². The largest absolute Gasteiger partial charge is 0.294 e. The first-order valence-corrected chi connectivity index (χ1v) is 7.51. The Morgan fingerprint density at radius 3 is 2.48 bits per heavy atom. The van der Waals surface area contributed by atoms with Gasteiger partial charge in [0.2, 0.25) is 0 Å². The van der Waals surface area contributed by atoms with E-state index in [-0.39, 0.29) is 5.78 Å². The lowest BCUT2D eigenvalue weighted by atomic mass is 9.96. The van der Waals surface area contributed by atoms with Crippen LogP contribution in [0.5, 0.6) is 0 Å². The van der Waals surface area contributed by atoms with Crippen LogP contribution in [0.3, 0.4) is 0 Å². The number of aliphatic imine (C=N–C) groups is 1. The summed E-state index contributed by atoms with van der Waals surface area (Å²) < 4.78 is 0.807. The molecule has 3 rings (SSSR count). The van der Waals surface area contributed by atoms with E-state index in [9.17, 15) is 9.70 Å². The Bertz CT molecular complexity index is 785. The van der Waals surface area contributed by atoms with Gasteiger partial charge in [0, 0.05) is 26.7 Å². The number of nitroso groups, excluding NO2 is 1. The van der Waals surface area contributed by atoms with E-state index in [1.807, 2.05) is 26.0 Å². The van der Waals surface area contributed by atoms with E-state index in [2.05, 4.69) is 4.99 Å². The molecule has 0 N–H and O–H groups in total. The van der Waals surface area contributed by atoms with Crippen LogP contribution in [0.25, 0.3) is 0 Å². The summed E-state index contributed by atoms with van der Waals surface area (Å²) in [6, 6.07) is 7.17. The predicted molar refractivity (Wildman–Crippen MR) is 84.6 cm³/mol.